The molecule has 0 radical (unpaired) electrons. The Labute approximate surface area is 165 Å². The molecule has 6 heteroatoms. The highest BCUT2D eigenvalue weighted by molar-refractivity contribution is 7.80. The smallest absolute Gasteiger partial charge is 0.171 e. The number of aryl methyl sites for hydroxylation is 2. The van der Waals surface area contributed by atoms with Gasteiger partial charge in [-0.05, 0) is 61.6 Å². The lowest BCUT2D eigenvalue weighted by molar-refractivity contribution is -0.939. The third kappa shape index (κ3) is 4.82. The molecule has 2 atom stereocenters. The first kappa shape index (κ1) is 19.3. The molecule has 1 aliphatic rings. The standard InChI is InChI=1S/C20H27N3OS2/c1-14-6-7-15(2)17(13-14)22-20(25)21-16(3)19(18-5-4-12-26-18)23-8-10-24-11-9-23/h4-7,12-13,16,19H,8-11H2,1-3H3,(H2,21,22,25)/p+1/t16-,19+/m0/s1. The molecule has 1 aliphatic heterocycles. The summed E-state index contributed by atoms with van der Waals surface area (Å²) in [5.41, 5.74) is 3.49. The van der Waals surface area contributed by atoms with Gasteiger partial charge in [0.1, 0.15) is 19.1 Å². The summed E-state index contributed by atoms with van der Waals surface area (Å²) in [5.74, 6) is 0. The molecular weight excluding hydrogens is 362 g/mol. The largest absolute Gasteiger partial charge is 0.370 e. The van der Waals surface area contributed by atoms with Gasteiger partial charge in [-0.15, -0.1) is 11.3 Å². The summed E-state index contributed by atoms with van der Waals surface area (Å²) < 4.78 is 5.56. The van der Waals surface area contributed by atoms with E-state index in [4.69, 9.17) is 17.0 Å². The quantitative estimate of drug-likeness (QED) is 0.687. The van der Waals surface area contributed by atoms with Crippen molar-refractivity contribution >= 4 is 34.4 Å². The van der Waals surface area contributed by atoms with Gasteiger partial charge < -0.3 is 20.3 Å². The van der Waals surface area contributed by atoms with Crippen LogP contribution in [0.1, 0.15) is 29.0 Å². The fourth-order valence-corrected chi connectivity index (χ4v) is 4.82. The van der Waals surface area contributed by atoms with Crippen molar-refractivity contribution in [2.75, 3.05) is 31.6 Å². The lowest BCUT2D eigenvalue weighted by atomic mass is 10.1. The summed E-state index contributed by atoms with van der Waals surface area (Å²) in [4.78, 5) is 2.96. The number of morpholine rings is 1. The first-order valence-corrected chi connectivity index (χ1v) is 10.4. The Morgan fingerprint density at radius 2 is 2.00 bits per heavy atom. The van der Waals surface area contributed by atoms with Crippen molar-refractivity contribution in [3.05, 3.63) is 51.7 Å². The van der Waals surface area contributed by atoms with Gasteiger partial charge in [-0.2, -0.15) is 0 Å². The minimum Gasteiger partial charge on any atom is -0.370 e. The van der Waals surface area contributed by atoms with E-state index in [1.165, 1.54) is 16.0 Å². The van der Waals surface area contributed by atoms with Gasteiger partial charge in [-0.25, -0.2) is 0 Å². The van der Waals surface area contributed by atoms with E-state index in [-0.39, 0.29) is 6.04 Å². The average Bonchev–Trinajstić information content (AvgIpc) is 3.13. The lowest BCUT2D eigenvalue weighted by Gasteiger charge is -2.35. The molecule has 0 saturated carbocycles. The maximum absolute atomic E-state index is 5.61. The van der Waals surface area contributed by atoms with Crippen LogP contribution in [0.5, 0.6) is 0 Å². The van der Waals surface area contributed by atoms with E-state index in [1.807, 2.05) is 11.3 Å². The summed E-state index contributed by atoms with van der Waals surface area (Å²) in [7, 11) is 0. The van der Waals surface area contributed by atoms with Gasteiger partial charge in [-0.3, -0.25) is 0 Å². The van der Waals surface area contributed by atoms with E-state index in [2.05, 4.69) is 67.1 Å². The van der Waals surface area contributed by atoms with Crippen LogP contribution in [0, 0.1) is 13.8 Å². The fraction of sp³-hybridized carbons (Fsp3) is 0.450. The molecule has 1 aromatic heterocycles. The maximum atomic E-state index is 5.61. The monoisotopic (exact) mass is 390 g/mol. The second-order valence-corrected chi connectivity index (χ2v) is 8.36. The number of benzene rings is 1. The molecule has 1 fully saturated rings. The Balaban J connectivity index is 1.69. The zero-order valence-corrected chi connectivity index (χ0v) is 17.3. The highest BCUT2D eigenvalue weighted by atomic mass is 32.1. The predicted molar refractivity (Wildman–Crippen MR) is 113 cm³/mol. The van der Waals surface area contributed by atoms with Crippen molar-refractivity contribution in [3.63, 3.8) is 0 Å². The van der Waals surface area contributed by atoms with E-state index in [1.54, 1.807) is 4.90 Å². The lowest BCUT2D eigenvalue weighted by Crippen LogP contribution is -3.15. The van der Waals surface area contributed by atoms with Crippen LogP contribution in [0.25, 0.3) is 0 Å². The molecule has 4 nitrogen and oxygen atoms in total. The van der Waals surface area contributed by atoms with Crippen LogP contribution in [0.4, 0.5) is 5.69 Å². The SMILES string of the molecule is Cc1ccc(C)c(NC(=S)N[C@@H](C)[C@H](c2cccs2)[NH+]2CCOCC2)c1. The van der Waals surface area contributed by atoms with E-state index in [0.29, 0.717) is 11.2 Å². The molecule has 0 aliphatic carbocycles. The zero-order valence-electron chi connectivity index (χ0n) is 15.7. The number of quaternary nitrogens is 1. The van der Waals surface area contributed by atoms with Crippen LogP contribution in [-0.2, 0) is 4.74 Å². The van der Waals surface area contributed by atoms with Gasteiger partial charge in [0.05, 0.1) is 24.1 Å². The van der Waals surface area contributed by atoms with Crippen molar-refractivity contribution in [2.45, 2.75) is 32.9 Å². The predicted octanol–water partition coefficient (Wildman–Crippen LogP) is 2.70. The summed E-state index contributed by atoms with van der Waals surface area (Å²) >= 11 is 7.44. The number of hydrogen-bond donors (Lipinski definition) is 3. The van der Waals surface area contributed by atoms with Crippen molar-refractivity contribution < 1.29 is 9.64 Å². The highest BCUT2D eigenvalue weighted by Gasteiger charge is 2.32. The highest BCUT2D eigenvalue weighted by Crippen LogP contribution is 2.21. The minimum absolute atomic E-state index is 0.229. The Hall–Kier alpha value is -1.47. The van der Waals surface area contributed by atoms with E-state index in [0.717, 1.165) is 32.0 Å². The van der Waals surface area contributed by atoms with E-state index >= 15 is 0 Å². The summed E-state index contributed by atoms with van der Waals surface area (Å²) in [6.45, 7) is 10.1. The van der Waals surface area contributed by atoms with Crippen molar-refractivity contribution in [1.82, 2.24) is 5.32 Å². The number of anilines is 1. The number of thiophene rings is 1. The molecule has 26 heavy (non-hydrogen) atoms. The van der Waals surface area contributed by atoms with Gasteiger partial charge in [0.2, 0.25) is 0 Å². The van der Waals surface area contributed by atoms with Crippen molar-refractivity contribution in [3.8, 4) is 0 Å². The van der Waals surface area contributed by atoms with Crippen LogP contribution in [-0.4, -0.2) is 37.5 Å². The maximum Gasteiger partial charge on any atom is 0.171 e. The van der Waals surface area contributed by atoms with Crippen molar-refractivity contribution in [2.24, 2.45) is 0 Å². The Morgan fingerprint density at radius 1 is 1.23 bits per heavy atom. The molecular formula is C20H28N3OS2+. The van der Waals surface area contributed by atoms with E-state index in [9.17, 15) is 0 Å². The van der Waals surface area contributed by atoms with Crippen LogP contribution in [0.15, 0.2) is 35.7 Å². The van der Waals surface area contributed by atoms with Crippen molar-refractivity contribution in [1.29, 1.82) is 0 Å². The molecule has 1 saturated heterocycles. The second kappa shape index (κ2) is 8.95. The van der Waals surface area contributed by atoms with E-state index < -0.39 is 0 Å². The number of nitrogens with one attached hydrogen (secondary N) is 3. The average molecular weight is 391 g/mol. The molecule has 140 valence electrons. The van der Waals surface area contributed by atoms with Gasteiger partial charge in [-0.1, -0.05) is 18.2 Å². The number of thiocarbonyl (C=S) groups is 1. The van der Waals surface area contributed by atoms with Crippen LogP contribution >= 0.6 is 23.6 Å². The normalized spacial score (nSPS) is 17.5. The number of hydrogen-bond acceptors (Lipinski definition) is 3. The number of ether oxygens (including phenoxy) is 1. The first-order chi connectivity index (χ1) is 12.5. The summed E-state index contributed by atoms with van der Waals surface area (Å²) in [6.07, 6.45) is 0. The molecule has 2 heterocycles. The molecule has 0 amide bonds. The fourth-order valence-electron chi connectivity index (χ4n) is 3.53. The molecule has 1 aromatic carbocycles. The third-order valence-electron chi connectivity index (χ3n) is 4.92. The number of rotatable bonds is 5. The Kier molecular flexibility index (Phi) is 6.64. The Morgan fingerprint density at radius 3 is 2.69 bits per heavy atom. The van der Waals surface area contributed by atoms with Crippen LogP contribution < -0.4 is 15.5 Å². The molecule has 3 N–H and O–H groups in total. The van der Waals surface area contributed by atoms with Gasteiger partial charge in [0, 0.05) is 5.69 Å². The van der Waals surface area contributed by atoms with Gasteiger partial charge in [0.25, 0.3) is 0 Å². The summed E-state index contributed by atoms with van der Waals surface area (Å²) in [5, 5.41) is 9.74. The molecule has 2 aromatic rings. The Bertz CT molecular complexity index is 727. The van der Waals surface area contributed by atoms with Crippen LogP contribution in [0.3, 0.4) is 0 Å². The molecule has 3 rings (SSSR count). The minimum atomic E-state index is 0.229. The van der Waals surface area contributed by atoms with Crippen LogP contribution in [0.2, 0.25) is 0 Å². The summed E-state index contributed by atoms with van der Waals surface area (Å²) in [6, 6.07) is 11.3. The second-order valence-electron chi connectivity index (χ2n) is 6.97. The molecule has 0 spiro atoms. The van der Waals surface area contributed by atoms with Gasteiger partial charge in [0.15, 0.2) is 5.11 Å². The van der Waals surface area contributed by atoms with Gasteiger partial charge >= 0.3 is 0 Å². The third-order valence-corrected chi connectivity index (χ3v) is 6.10. The molecule has 0 unspecified atom stereocenters. The first-order valence-electron chi connectivity index (χ1n) is 9.15. The topological polar surface area (TPSA) is 37.7 Å². The molecule has 0 bridgehead atoms. The zero-order chi connectivity index (χ0) is 18.5.